The molecule has 0 saturated carbocycles. The first-order valence-electron chi connectivity index (χ1n) is 6.52. The standard InChI is InChI=1S/C12H18N4O5S/c1-13-8-9-14-12(17)6-7-15-22(20,21)11-4-2-10(3-5-11)16(18)19/h2-5,13,15H,6-9H2,1H3,(H,14,17). The average Bonchev–Trinajstić information content (AvgIpc) is 2.47. The molecule has 9 nitrogen and oxygen atoms in total. The average molecular weight is 330 g/mol. The lowest BCUT2D eigenvalue weighted by Crippen LogP contribution is -2.33. The van der Waals surface area contributed by atoms with Crippen molar-refractivity contribution in [2.45, 2.75) is 11.3 Å². The van der Waals surface area contributed by atoms with Gasteiger partial charge in [0.05, 0.1) is 9.82 Å². The van der Waals surface area contributed by atoms with Gasteiger partial charge < -0.3 is 10.6 Å². The molecule has 22 heavy (non-hydrogen) atoms. The molecule has 0 bridgehead atoms. The van der Waals surface area contributed by atoms with E-state index in [2.05, 4.69) is 15.4 Å². The summed E-state index contributed by atoms with van der Waals surface area (Å²) in [7, 11) is -2.03. The minimum atomic E-state index is -3.79. The second kappa shape index (κ2) is 8.41. The molecule has 0 heterocycles. The number of hydrogen-bond donors (Lipinski definition) is 3. The van der Waals surface area contributed by atoms with Gasteiger partial charge in [-0.15, -0.1) is 0 Å². The van der Waals surface area contributed by atoms with E-state index < -0.39 is 14.9 Å². The fourth-order valence-electron chi connectivity index (χ4n) is 1.54. The third-order valence-corrected chi connectivity index (χ3v) is 4.18. The highest BCUT2D eigenvalue weighted by Crippen LogP contribution is 2.15. The van der Waals surface area contributed by atoms with Crippen LogP contribution in [0.25, 0.3) is 0 Å². The van der Waals surface area contributed by atoms with Gasteiger partial charge in [0.15, 0.2) is 0 Å². The first-order valence-corrected chi connectivity index (χ1v) is 8.00. The monoisotopic (exact) mass is 330 g/mol. The summed E-state index contributed by atoms with van der Waals surface area (Å²) in [5.41, 5.74) is -0.192. The maximum atomic E-state index is 11.9. The Morgan fingerprint density at radius 3 is 2.36 bits per heavy atom. The molecule has 1 aromatic carbocycles. The fraction of sp³-hybridized carbons (Fsp3) is 0.417. The van der Waals surface area contributed by atoms with Crippen LogP contribution in [-0.4, -0.2) is 45.9 Å². The number of amides is 1. The van der Waals surface area contributed by atoms with Crippen LogP contribution in [0.5, 0.6) is 0 Å². The van der Waals surface area contributed by atoms with Crippen molar-refractivity contribution in [3.63, 3.8) is 0 Å². The Morgan fingerprint density at radius 2 is 1.82 bits per heavy atom. The Hall–Kier alpha value is -2.04. The molecule has 0 saturated heterocycles. The van der Waals surface area contributed by atoms with Crippen LogP contribution in [0.1, 0.15) is 6.42 Å². The molecular formula is C12H18N4O5S. The lowest BCUT2D eigenvalue weighted by Gasteiger charge is -2.07. The Balaban J connectivity index is 2.50. The van der Waals surface area contributed by atoms with Crippen molar-refractivity contribution in [2.75, 3.05) is 26.7 Å². The summed E-state index contributed by atoms with van der Waals surface area (Å²) in [6.07, 6.45) is 0.00985. The van der Waals surface area contributed by atoms with Crippen molar-refractivity contribution in [1.29, 1.82) is 0 Å². The molecule has 1 aromatic rings. The normalized spacial score (nSPS) is 11.1. The highest BCUT2D eigenvalue weighted by atomic mass is 32.2. The van der Waals surface area contributed by atoms with Gasteiger partial charge in [0, 0.05) is 38.2 Å². The third kappa shape index (κ3) is 5.76. The van der Waals surface area contributed by atoms with E-state index in [4.69, 9.17) is 0 Å². The van der Waals surface area contributed by atoms with Crippen molar-refractivity contribution in [2.24, 2.45) is 0 Å². The number of nitrogens with zero attached hydrogens (tertiary/aromatic N) is 1. The van der Waals surface area contributed by atoms with E-state index in [9.17, 15) is 23.3 Å². The fourth-order valence-corrected chi connectivity index (χ4v) is 2.58. The first kappa shape index (κ1) is 18.0. The molecule has 0 aliphatic carbocycles. The zero-order valence-corrected chi connectivity index (χ0v) is 12.9. The molecule has 122 valence electrons. The topological polar surface area (TPSA) is 130 Å². The molecule has 0 spiro atoms. The van der Waals surface area contributed by atoms with Crippen LogP contribution in [0.3, 0.4) is 0 Å². The number of benzene rings is 1. The lowest BCUT2D eigenvalue weighted by molar-refractivity contribution is -0.384. The number of non-ortho nitro benzene ring substituents is 1. The lowest BCUT2D eigenvalue weighted by atomic mass is 10.3. The Labute approximate surface area is 128 Å². The molecule has 0 atom stereocenters. The van der Waals surface area contributed by atoms with Crippen molar-refractivity contribution in [3.05, 3.63) is 34.4 Å². The number of nitro groups is 1. The van der Waals surface area contributed by atoms with E-state index in [-0.39, 0.29) is 29.5 Å². The van der Waals surface area contributed by atoms with Gasteiger partial charge in [-0.1, -0.05) is 0 Å². The van der Waals surface area contributed by atoms with Crippen molar-refractivity contribution >= 4 is 21.6 Å². The van der Waals surface area contributed by atoms with Crippen LogP contribution in [0, 0.1) is 10.1 Å². The number of carbonyl (C=O) groups is 1. The smallest absolute Gasteiger partial charge is 0.269 e. The summed E-state index contributed by atoms with van der Waals surface area (Å²) in [5, 5.41) is 16.0. The summed E-state index contributed by atoms with van der Waals surface area (Å²) >= 11 is 0. The molecule has 3 N–H and O–H groups in total. The second-order valence-electron chi connectivity index (χ2n) is 4.35. The van der Waals surface area contributed by atoms with Gasteiger partial charge in [0.2, 0.25) is 15.9 Å². The van der Waals surface area contributed by atoms with Gasteiger partial charge >= 0.3 is 0 Å². The molecular weight excluding hydrogens is 312 g/mol. The highest BCUT2D eigenvalue weighted by molar-refractivity contribution is 7.89. The first-order chi connectivity index (χ1) is 10.4. The third-order valence-electron chi connectivity index (χ3n) is 2.70. The van der Waals surface area contributed by atoms with Gasteiger partial charge in [-0.05, 0) is 19.2 Å². The molecule has 0 radical (unpaired) electrons. The quantitative estimate of drug-likeness (QED) is 0.321. The summed E-state index contributed by atoms with van der Waals surface area (Å²) in [4.78, 5) is 21.2. The second-order valence-corrected chi connectivity index (χ2v) is 6.12. The minimum absolute atomic E-state index is 0.00985. The van der Waals surface area contributed by atoms with E-state index >= 15 is 0 Å². The van der Waals surface area contributed by atoms with E-state index in [1.165, 1.54) is 0 Å². The van der Waals surface area contributed by atoms with Gasteiger partial charge in [0.25, 0.3) is 5.69 Å². The van der Waals surface area contributed by atoms with Crippen LogP contribution < -0.4 is 15.4 Å². The van der Waals surface area contributed by atoms with Gasteiger partial charge in [0.1, 0.15) is 0 Å². The van der Waals surface area contributed by atoms with Crippen LogP contribution in [0.15, 0.2) is 29.2 Å². The zero-order chi connectivity index (χ0) is 16.6. The van der Waals surface area contributed by atoms with E-state index in [1.54, 1.807) is 7.05 Å². The van der Waals surface area contributed by atoms with Gasteiger partial charge in [-0.3, -0.25) is 14.9 Å². The number of nitrogens with one attached hydrogen (secondary N) is 3. The molecule has 0 fully saturated rings. The van der Waals surface area contributed by atoms with Crippen molar-refractivity contribution in [1.82, 2.24) is 15.4 Å². The van der Waals surface area contributed by atoms with Crippen LogP contribution in [0.4, 0.5) is 5.69 Å². The predicted octanol–water partition coefficient (Wildman–Crippen LogP) is -0.401. The number of sulfonamides is 1. The molecule has 0 unspecified atom stereocenters. The number of carbonyl (C=O) groups excluding carboxylic acids is 1. The van der Waals surface area contributed by atoms with E-state index in [0.717, 1.165) is 24.3 Å². The van der Waals surface area contributed by atoms with Gasteiger partial charge in [-0.2, -0.15) is 0 Å². The van der Waals surface area contributed by atoms with Crippen LogP contribution in [0.2, 0.25) is 0 Å². The molecule has 0 aliphatic heterocycles. The summed E-state index contributed by atoms with van der Waals surface area (Å²) in [6, 6.07) is 4.51. The van der Waals surface area contributed by atoms with Crippen LogP contribution in [-0.2, 0) is 14.8 Å². The predicted molar refractivity (Wildman–Crippen MR) is 79.8 cm³/mol. The molecule has 0 aromatic heterocycles. The largest absolute Gasteiger partial charge is 0.355 e. The molecule has 1 rings (SSSR count). The SMILES string of the molecule is CNCCNC(=O)CCNS(=O)(=O)c1ccc([N+](=O)[O-])cc1. The minimum Gasteiger partial charge on any atom is -0.355 e. The molecule has 0 aliphatic rings. The van der Waals surface area contributed by atoms with Crippen molar-refractivity contribution < 1.29 is 18.1 Å². The van der Waals surface area contributed by atoms with E-state index in [0.29, 0.717) is 13.1 Å². The number of nitro benzene ring substituents is 1. The number of likely N-dealkylation sites (N-methyl/N-ethyl adjacent to an activating group) is 1. The number of rotatable bonds is 9. The Morgan fingerprint density at radius 1 is 1.18 bits per heavy atom. The maximum Gasteiger partial charge on any atom is 0.269 e. The summed E-state index contributed by atoms with van der Waals surface area (Å²) in [5.74, 6) is -0.262. The van der Waals surface area contributed by atoms with Crippen molar-refractivity contribution in [3.8, 4) is 0 Å². The van der Waals surface area contributed by atoms with Gasteiger partial charge in [-0.25, -0.2) is 13.1 Å². The Bertz CT molecular complexity index is 615. The maximum absolute atomic E-state index is 11.9. The number of hydrogen-bond acceptors (Lipinski definition) is 6. The molecule has 10 heteroatoms. The molecule has 1 amide bonds. The summed E-state index contributed by atoms with van der Waals surface area (Å²) < 4.78 is 26.1. The zero-order valence-electron chi connectivity index (χ0n) is 12.0. The van der Waals surface area contributed by atoms with Crippen LogP contribution >= 0.6 is 0 Å². The highest BCUT2D eigenvalue weighted by Gasteiger charge is 2.15. The van der Waals surface area contributed by atoms with E-state index in [1.807, 2.05) is 0 Å². The Kier molecular flexibility index (Phi) is 6.89. The summed E-state index contributed by atoms with van der Waals surface area (Å²) in [6.45, 7) is 1.04.